The Balaban J connectivity index is 2.88. The smallest absolute Gasteiger partial charge is 0.124 e. The van der Waals surface area contributed by atoms with Gasteiger partial charge in [0.15, 0.2) is 0 Å². The highest BCUT2D eigenvalue weighted by atomic mass is 127. The monoisotopic (exact) mass is 244 g/mol. The Morgan fingerprint density at radius 1 is 1.70 bits per heavy atom. The van der Waals surface area contributed by atoms with E-state index in [0.717, 1.165) is 5.56 Å². The van der Waals surface area contributed by atoms with Crippen LogP contribution in [-0.2, 0) is 0 Å². The van der Waals surface area contributed by atoms with E-state index in [1.807, 2.05) is 12.1 Å². The standard InChI is InChI=1S/C7H5IN2/c8-7(4-9)6-2-1-3-10-5-6/h1-3,5,7H. The van der Waals surface area contributed by atoms with Gasteiger partial charge in [0.2, 0.25) is 0 Å². The molecule has 0 N–H and O–H groups in total. The summed E-state index contributed by atoms with van der Waals surface area (Å²) >= 11 is 2.07. The van der Waals surface area contributed by atoms with E-state index in [2.05, 4.69) is 33.6 Å². The fourth-order valence-corrected chi connectivity index (χ4v) is 0.969. The minimum absolute atomic E-state index is 0.0775. The number of rotatable bonds is 1. The number of hydrogen-bond donors (Lipinski definition) is 0. The highest BCUT2D eigenvalue weighted by Crippen LogP contribution is 2.20. The molecule has 2 nitrogen and oxygen atoms in total. The summed E-state index contributed by atoms with van der Waals surface area (Å²) in [6.45, 7) is 0. The van der Waals surface area contributed by atoms with Gasteiger partial charge in [-0.25, -0.2) is 0 Å². The van der Waals surface area contributed by atoms with Gasteiger partial charge >= 0.3 is 0 Å². The first-order valence-electron chi connectivity index (χ1n) is 2.78. The number of pyridine rings is 1. The zero-order chi connectivity index (χ0) is 7.40. The molecule has 0 amide bonds. The van der Waals surface area contributed by atoms with Gasteiger partial charge in [-0.1, -0.05) is 28.7 Å². The molecule has 1 unspecified atom stereocenters. The Kier molecular flexibility index (Phi) is 2.63. The zero-order valence-corrected chi connectivity index (χ0v) is 7.32. The van der Waals surface area contributed by atoms with Crippen molar-refractivity contribution < 1.29 is 0 Å². The molecule has 1 aromatic heterocycles. The maximum Gasteiger partial charge on any atom is 0.124 e. The Morgan fingerprint density at radius 3 is 3.00 bits per heavy atom. The van der Waals surface area contributed by atoms with E-state index in [1.165, 1.54) is 0 Å². The van der Waals surface area contributed by atoms with Crippen molar-refractivity contribution in [3.8, 4) is 6.07 Å². The number of aromatic nitrogens is 1. The van der Waals surface area contributed by atoms with Crippen molar-refractivity contribution in [1.82, 2.24) is 4.98 Å². The van der Waals surface area contributed by atoms with Crippen LogP contribution in [0.5, 0.6) is 0 Å². The molecular formula is C7H5IN2. The van der Waals surface area contributed by atoms with Gasteiger partial charge in [0.05, 0.1) is 6.07 Å². The van der Waals surface area contributed by atoms with E-state index in [-0.39, 0.29) is 3.92 Å². The second kappa shape index (κ2) is 3.52. The highest BCUT2D eigenvalue weighted by molar-refractivity contribution is 14.1. The molecule has 3 heteroatoms. The van der Waals surface area contributed by atoms with Crippen molar-refractivity contribution in [3.05, 3.63) is 30.1 Å². The molecule has 1 heterocycles. The summed E-state index contributed by atoms with van der Waals surface area (Å²) in [6.07, 6.45) is 3.41. The summed E-state index contributed by atoms with van der Waals surface area (Å²) < 4.78 is -0.0775. The Hall–Kier alpha value is -0.630. The van der Waals surface area contributed by atoms with Crippen molar-refractivity contribution in [2.45, 2.75) is 3.92 Å². The summed E-state index contributed by atoms with van der Waals surface area (Å²) in [7, 11) is 0. The average Bonchev–Trinajstić information content (AvgIpc) is 2.05. The fraction of sp³-hybridized carbons (Fsp3) is 0.143. The molecule has 0 aromatic carbocycles. The molecule has 0 aliphatic carbocycles. The largest absolute Gasteiger partial charge is 0.264 e. The summed E-state index contributed by atoms with van der Waals surface area (Å²) in [5.74, 6) is 0. The predicted octanol–water partition coefficient (Wildman–Crippen LogP) is 2.08. The third-order valence-corrected chi connectivity index (χ3v) is 2.09. The van der Waals surface area contributed by atoms with Gasteiger partial charge in [0, 0.05) is 12.4 Å². The minimum Gasteiger partial charge on any atom is -0.264 e. The van der Waals surface area contributed by atoms with Crippen LogP contribution >= 0.6 is 22.6 Å². The third kappa shape index (κ3) is 1.67. The fourth-order valence-electron chi connectivity index (χ4n) is 0.600. The highest BCUT2D eigenvalue weighted by Gasteiger charge is 2.02. The molecule has 0 spiro atoms. The number of nitrogens with zero attached hydrogens (tertiary/aromatic N) is 2. The normalized spacial score (nSPS) is 12.0. The van der Waals surface area contributed by atoms with Crippen LogP contribution in [-0.4, -0.2) is 4.98 Å². The lowest BCUT2D eigenvalue weighted by Gasteiger charge is -1.96. The summed E-state index contributed by atoms with van der Waals surface area (Å²) in [4.78, 5) is 3.90. The maximum absolute atomic E-state index is 8.50. The van der Waals surface area contributed by atoms with Gasteiger partial charge in [-0.15, -0.1) is 0 Å². The van der Waals surface area contributed by atoms with E-state index in [4.69, 9.17) is 5.26 Å². The Bertz CT molecular complexity index is 240. The molecule has 1 aromatic rings. The lowest BCUT2D eigenvalue weighted by Crippen LogP contribution is -1.84. The van der Waals surface area contributed by atoms with E-state index >= 15 is 0 Å². The van der Waals surface area contributed by atoms with E-state index in [1.54, 1.807) is 12.4 Å². The average molecular weight is 244 g/mol. The Morgan fingerprint density at radius 2 is 2.50 bits per heavy atom. The molecular weight excluding hydrogens is 239 g/mol. The zero-order valence-electron chi connectivity index (χ0n) is 5.16. The van der Waals surface area contributed by atoms with Crippen LogP contribution in [0.1, 0.15) is 9.49 Å². The van der Waals surface area contributed by atoms with Crippen molar-refractivity contribution in [2.75, 3.05) is 0 Å². The van der Waals surface area contributed by atoms with E-state index in [0.29, 0.717) is 0 Å². The van der Waals surface area contributed by atoms with Gasteiger partial charge in [0.25, 0.3) is 0 Å². The number of halogens is 1. The van der Waals surface area contributed by atoms with Crippen molar-refractivity contribution in [3.63, 3.8) is 0 Å². The molecule has 50 valence electrons. The molecule has 0 fully saturated rings. The molecule has 0 saturated heterocycles. The second-order valence-electron chi connectivity index (χ2n) is 1.78. The quantitative estimate of drug-likeness (QED) is 0.560. The molecule has 1 atom stereocenters. The second-order valence-corrected chi connectivity index (χ2v) is 3.02. The molecule has 0 aliphatic heterocycles. The molecule has 1 rings (SSSR count). The van der Waals surface area contributed by atoms with Crippen LogP contribution in [0.4, 0.5) is 0 Å². The first kappa shape index (κ1) is 7.48. The maximum atomic E-state index is 8.50. The van der Waals surface area contributed by atoms with Crippen LogP contribution in [0.2, 0.25) is 0 Å². The van der Waals surface area contributed by atoms with Crippen LogP contribution in [0.25, 0.3) is 0 Å². The summed E-state index contributed by atoms with van der Waals surface area (Å²) in [5, 5.41) is 8.50. The van der Waals surface area contributed by atoms with Gasteiger partial charge in [-0.3, -0.25) is 4.98 Å². The molecule has 0 aliphatic rings. The molecule has 0 bridgehead atoms. The van der Waals surface area contributed by atoms with Gasteiger partial charge < -0.3 is 0 Å². The Labute approximate surface area is 73.0 Å². The minimum atomic E-state index is -0.0775. The van der Waals surface area contributed by atoms with Gasteiger partial charge in [-0.05, 0) is 11.6 Å². The van der Waals surface area contributed by atoms with Gasteiger partial charge in [-0.2, -0.15) is 5.26 Å². The van der Waals surface area contributed by atoms with Crippen molar-refractivity contribution in [1.29, 1.82) is 5.26 Å². The van der Waals surface area contributed by atoms with Crippen LogP contribution in [0.3, 0.4) is 0 Å². The lowest BCUT2D eigenvalue weighted by molar-refractivity contribution is 1.20. The molecule has 0 saturated carbocycles. The molecule has 0 radical (unpaired) electrons. The van der Waals surface area contributed by atoms with E-state index < -0.39 is 0 Å². The summed E-state index contributed by atoms with van der Waals surface area (Å²) in [6, 6.07) is 5.86. The van der Waals surface area contributed by atoms with Crippen LogP contribution in [0, 0.1) is 11.3 Å². The SMILES string of the molecule is N#CC(I)c1cccnc1. The number of alkyl halides is 1. The topological polar surface area (TPSA) is 36.7 Å². The van der Waals surface area contributed by atoms with Crippen molar-refractivity contribution in [2.24, 2.45) is 0 Å². The first-order valence-corrected chi connectivity index (χ1v) is 4.03. The molecule has 10 heavy (non-hydrogen) atoms. The predicted molar refractivity (Wildman–Crippen MR) is 46.6 cm³/mol. The lowest BCUT2D eigenvalue weighted by atomic mass is 10.2. The number of nitriles is 1. The van der Waals surface area contributed by atoms with Gasteiger partial charge in [0.1, 0.15) is 3.92 Å². The summed E-state index contributed by atoms with van der Waals surface area (Å²) in [5.41, 5.74) is 0.964. The number of hydrogen-bond acceptors (Lipinski definition) is 2. The van der Waals surface area contributed by atoms with E-state index in [9.17, 15) is 0 Å². The van der Waals surface area contributed by atoms with Crippen LogP contribution in [0.15, 0.2) is 24.5 Å². The van der Waals surface area contributed by atoms with Crippen LogP contribution < -0.4 is 0 Å². The first-order chi connectivity index (χ1) is 4.84. The third-order valence-electron chi connectivity index (χ3n) is 1.09. The van der Waals surface area contributed by atoms with Crippen molar-refractivity contribution >= 4 is 22.6 Å².